The average Bonchev–Trinajstić information content (AvgIpc) is 3.23. The Morgan fingerprint density at radius 2 is 1.74 bits per heavy atom. The number of carbonyl (C=O) groups excluding carboxylic acids is 1. The molecule has 1 heterocycles. The maximum atomic E-state index is 13.1. The lowest BCUT2D eigenvalue weighted by molar-refractivity contribution is -0.144. The predicted octanol–water partition coefficient (Wildman–Crippen LogP) is 4.01. The molecule has 0 spiro atoms. The van der Waals surface area contributed by atoms with Crippen LogP contribution in [-0.2, 0) is 4.79 Å². The monoisotopic (exact) mass is 342 g/mol. The van der Waals surface area contributed by atoms with Crippen molar-refractivity contribution in [3.63, 3.8) is 0 Å². The van der Waals surface area contributed by atoms with Crippen molar-refractivity contribution in [1.82, 2.24) is 10.2 Å². The van der Waals surface area contributed by atoms with E-state index in [1.54, 1.807) is 0 Å². The highest BCUT2D eigenvalue weighted by Crippen LogP contribution is 2.45. The van der Waals surface area contributed by atoms with Crippen molar-refractivity contribution in [2.75, 3.05) is 19.6 Å². The van der Waals surface area contributed by atoms with Gasteiger partial charge in [-0.1, -0.05) is 26.7 Å². The first-order valence-corrected chi connectivity index (χ1v) is 9.62. The van der Waals surface area contributed by atoms with E-state index in [0.717, 1.165) is 51.1 Å². The number of nitrogens with one attached hydrogen (secondary N) is 1. The van der Waals surface area contributed by atoms with Crippen LogP contribution in [0, 0.1) is 17.3 Å². The van der Waals surface area contributed by atoms with Crippen molar-refractivity contribution >= 4 is 18.3 Å². The standard InChI is InChI=1S/C19H34N2O.ClH/c1-15(2)13-19(9-3-4-10-19)18(22)21-11-7-17(8-12-21)20-14-16-5-6-16;/h15-17,20H,3-14H2,1-2H3;1H. The van der Waals surface area contributed by atoms with Crippen LogP contribution in [0.5, 0.6) is 0 Å². The van der Waals surface area contributed by atoms with Gasteiger partial charge in [-0.15, -0.1) is 12.4 Å². The number of hydrogen-bond donors (Lipinski definition) is 1. The molecular weight excluding hydrogens is 308 g/mol. The molecule has 1 aliphatic heterocycles. The molecule has 0 bridgehead atoms. The van der Waals surface area contributed by atoms with Crippen molar-refractivity contribution in [2.24, 2.45) is 17.3 Å². The van der Waals surface area contributed by atoms with Crippen LogP contribution in [0.15, 0.2) is 0 Å². The summed E-state index contributed by atoms with van der Waals surface area (Å²) in [4.78, 5) is 15.3. The lowest BCUT2D eigenvalue weighted by Gasteiger charge is -2.39. The van der Waals surface area contributed by atoms with Gasteiger partial charge in [0.2, 0.25) is 5.91 Å². The van der Waals surface area contributed by atoms with Gasteiger partial charge in [0.05, 0.1) is 0 Å². The number of rotatable bonds is 6. The Morgan fingerprint density at radius 3 is 2.26 bits per heavy atom. The fraction of sp³-hybridized carbons (Fsp3) is 0.947. The molecule has 134 valence electrons. The van der Waals surface area contributed by atoms with Crippen LogP contribution in [0.25, 0.3) is 0 Å². The Hall–Kier alpha value is -0.280. The van der Waals surface area contributed by atoms with Crippen LogP contribution in [0.4, 0.5) is 0 Å². The number of piperidine rings is 1. The van der Waals surface area contributed by atoms with Gasteiger partial charge in [0, 0.05) is 24.5 Å². The van der Waals surface area contributed by atoms with Gasteiger partial charge in [-0.25, -0.2) is 0 Å². The van der Waals surface area contributed by atoms with Gasteiger partial charge >= 0.3 is 0 Å². The van der Waals surface area contributed by atoms with Crippen LogP contribution in [0.3, 0.4) is 0 Å². The van der Waals surface area contributed by atoms with Gasteiger partial charge in [-0.05, 0) is 63.3 Å². The first kappa shape index (κ1) is 19.1. The molecule has 3 fully saturated rings. The van der Waals surface area contributed by atoms with E-state index in [1.165, 1.54) is 32.2 Å². The van der Waals surface area contributed by atoms with E-state index in [9.17, 15) is 4.79 Å². The average molecular weight is 343 g/mol. The summed E-state index contributed by atoms with van der Waals surface area (Å²) >= 11 is 0. The molecule has 0 radical (unpaired) electrons. The fourth-order valence-electron chi connectivity index (χ4n) is 4.62. The summed E-state index contributed by atoms with van der Waals surface area (Å²) in [6.07, 6.45) is 11.0. The smallest absolute Gasteiger partial charge is 0.228 e. The van der Waals surface area contributed by atoms with Gasteiger partial charge in [0.25, 0.3) is 0 Å². The Kier molecular flexibility index (Phi) is 6.79. The predicted molar refractivity (Wildman–Crippen MR) is 97.9 cm³/mol. The molecular formula is C19H35ClN2O. The second-order valence-corrected chi connectivity index (χ2v) is 8.50. The van der Waals surface area contributed by atoms with Gasteiger partial charge in [0.1, 0.15) is 0 Å². The zero-order chi connectivity index (χ0) is 15.6. The molecule has 2 saturated carbocycles. The van der Waals surface area contributed by atoms with Gasteiger partial charge in [-0.3, -0.25) is 4.79 Å². The lowest BCUT2D eigenvalue weighted by atomic mass is 9.77. The minimum absolute atomic E-state index is 0. The molecule has 4 heteroatoms. The zero-order valence-corrected chi connectivity index (χ0v) is 15.8. The normalized spacial score (nSPS) is 24.7. The number of hydrogen-bond acceptors (Lipinski definition) is 2. The molecule has 3 aliphatic rings. The van der Waals surface area contributed by atoms with Crippen molar-refractivity contribution in [2.45, 2.75) is 77.7 Å². The number of likely N-dealkylation sites (tertiary alicyclic amines) is 1. The summed E-state index contributed by atoms with van der Waals surface area (Å²) in [5.74, 6) is 2.06. The lowest BCUT2D eigenvalue weighted by Crippen LogP contribution is -2.50. The van der Waals surface area contributed by atoms with Gasteiger partial charge in [0.15, 0.2) is 0 Å². The van der Waals surface area contributed by atoms with Crippen molar-refractivity contribution in [3.05, 3.63) is 0 Å². The zero-order valence-electron chi connectivity index (χ0n) is 15.0. The summed E-state index contributed by atoms with van der Waals surface area (Å²) in [5.41, 5.74) is -0.0115. The summed E-state index contributed by atoms with van der Waals surface area (Å²) in [6.45, 7) is 7.68. The van der Waals surface area contributed by atoms with E-state index in [-0.39, 0.29) is 17.8 Å². The molecule has 0 aromatic rings. The molecule has 1 N–H and O–H groups in total. The van der Waals surface area contributed by atoms with E-state index in [0.29, 0.717) is 17.9 Å². The van der Waals surface area contributed by atoms with E-state index in [1.807, 2.05) is 0 Å². The Bertz CT molecular complexity index is 381. The molecule has 0 aromatic carbocycles. The molecule has 3 nitrogen and oxygen atoms in total. The molecule has 1 amide bonds. The molecule has 1 saturated heterocycles. The fourth-order valence-corrected chi connectivity index (χ4v) is 4.62. The summed E-state index contributed by atoms with van der Waals surface area (Å²) in [7, 11) is 0. The van der Waals surface area contributed by atoms with Crippen LogP contribution in [-0.4, -0.2) is 36.5 Å². The summed E-state index contributed by atoms with van der Waals surface area (Å²) in [5, 5.41) is 3.72. The van der Waals surface area contributed by atoms with E-state index >= 15 is 0 Å². The number of carbonyl (C=O) groups is 1. The third kappa shape index (κ3) is 4.85. The highest BCUT2D eigenvalue weighted by molar-refractivity contribution is 5.85. The van der Waals surface area contributed by atoms with Crippen LogP contribution >= 0.6 is 12.4 Å². The first-order valence-electron chi connectivity index (χ1n) is 9.62. The Morgan fingerprint density at radius 1 is 1.13 bits per heavy atom. The van der Waals surface area contributed by atoms with Crippen LogP contribution in [0.1, 0.15) is 71.6 Å². The van der Waals surface area contributed by atoms with Crippen molar-refractivity contribution in [1.29, 1.82) is 0 Å². The molecule has 0 unspecified atom stereocenters. The minimum Gasteiger partial charge on any atom is -0.342 e. The highest BCUT2D eigenvalue weighted by atomic mass is 35.5. The van der Waals surface area contributed by atoms with Crippen molar-refractivity contribution < 1.29 is 4.79 Å². The SMILES string of the molecule is CC(C)CC1(C(=O)N2CCC(NCC3CC3)CC2)CCCC1.Cl. The van der Waals surface area contributed by atoms with E-state index in [4.69, 9.17) is 0 Å². The largest absolute Gasteiger partial charge is 0.342 e. The highest BCUT2D eigenvalue weighted by Gasteiger charge is 2.44. The molecule has 0 atom stereocenters. The third-order valence-electron chi connectivity index (χ3n) is 5.99. The van der Waals surface area contributed by atoms with E-state index < -0.39 is 0 Å². The summed E-state index contributed by atoms with van der Waals surface area (Å²) in [6, 6.07) is 0.647. The van der Waals surface area contributed by atoms with Crippen LogP contribution < -0.4 is 5.32 Å². The second-order valence-electron chi connectivity index (χ2n) is 8.50. The molecule has 0 aromatic heterocycles. The molecule has 3 rings (SSSR count). The number of amides is 1. The quantitative estimate of drug-likeness (QED) is 0.791. The summed E-state index contributed by atoms with van der Waals surface area (Å²) < 4.78 is 0. The Balaban J connectivity index is 0.00000192. The topological polar surface area (TPSA) is 32.3 Å². The number of halogens is 1. The van der Waals surface area contributed by atoms with Gasteiger partial charge < -0.3 is 10.2 Å². The molecule has 2 aliphatic carbocycles. The van der Waals surface area contributed by atoms with Crippen LogP contribution in [0.2, 0.25) is 0 Å². The number of nitrogens with zero attached hydrogens (tertiary/aromatic N) is 1. The first-order chi connectivity index (χ1) is 10.6. The van der Waals surface area contributed by atoms with E-state index in [2.05, 4.69) is 24.1 Å². The maximum absolute atomic E-state index is 13.1. The Labute approximate surface area is 148 Å². The third-order valence-corrected chi connectivity index (χ3v) is 5.99. The van der Waals surface area contributed by atoms with Gasteiger partial charge in [-0.2, -0.15) is 0 Å². The molecule has 23 heavy (non-hydrogen) atoms. The maximum Gasteiger partial charge on any atom is 0.228 e. The minimum atomic E-state index is -0.0115. The second kappa shape index (κ2) is 8.20. The van der Waals surface area contributed by atoms with Crippen molar-refractivity contribution in [3.8, 4) is 0 Å².